The van der Waals surface area contributed by atoms with Gasteiger partial charge in [0.05, 0.1) is 5.69 Å². The number of hydrogen-bond donors (Lipinski definition) is 2. The van der Waals surface area contributed by atoms with Crippen molar-refractivity contribution in [1.82, 2.24) is 10.3 Å². The van der Waals surface area contributed by atoms with Crippen molar-refractivity contribution in [3.05, 3.63) is 52.6 Å². The molecule has 0 radical (unpaired) electrons. The second-order valence-electron chi connectivity index (χ2n) is 5.25. The second-order valence-corrected chi connectivity index (χ2v) is 5.25. The predicted molar refractivity (Wildman–Crippen MR) is 78.3 cm³/mol. The summed E-state index contributed by atoms with van der Waals surface area (Å²) in [4.78, 5) is 15.7. The van der Waals surface area contributed by atoms with Crippen LogP contribution >= 0.6 is 0 Å². The maximum absolute atomic E-state index is 14.3. The number of nitrogens with two attached hydrogens (primary N) is 1. The highest BCUT2D eigenvalue weighted by Gasteiger charge is 2.20. The van der Waals surface area contributed by atoms with Gasteiger partial charge in [0.25, 0.3) is 5.91 Å². The lowest BCUT2D eigenvalue weighted by atomic mass is 9.93. The van der Waals surface area contributed by atoms with Gasteiger partial charge < -0.3 is 11.1 Å². The smallest absolute Gasteiger partial charge is 0.267 e. The molecule has 3 N–H and O–H groups in total. The zero-order valence-corrected chi connectivity index (χ0v) is 11.7. The Hall–Kier alpha value is -2.27. The third-order valence-corrected chi connectivity index (χ3v) is 3.72. The van der Waals surface area contributed by atoms with E-state index in [4.69, 9.17) is 5.73 Å². The van der Waals surface area contributed by atoms with Crippen molar-refractivity contribution < 1.29 is 9.18 Å². The SMILES string of the molecule is Cc1ccc(-c2cc(C(N)=O)nc3c2CCNC3)c(F)c1. The van der Waals surface area contributed by atoms with Crippen LogP contribution in [0.25, 0.3) is 11.1 Å². The molecule has 5 heteroatoms. The monoisotopic (exact) mass is 285 g/mol. The zero-order chi connectivity index (χ0) is 15.0. The highest BCUT2D eigenvalue weighted by molar-refractivity contribution is 5.92. The first-order valence-corrected chi connectivity index (χ1v) is 6.86. The van der Waals surface area contributed by atoms with E-state index in [1.165, 1.54) is 6.07 Å². The molecule has 0 unspecified atom stereocenters. The first kappa shape index (κ1) is 13.7. The summed E-state index contributed by atoms with van der Waals surface area (Å²) >= 11 is 0. The van der Waals surface area contributed by atoms with Gasteiger partial charge in [0, 0.05) is 12.1 Å². The number of nitrogens with zero attached hydrogens (tertiary/aromatic N) is 1. The van der Waals surface area contributed by atoms with Crippen molar-refractivity contribution in [3.63, 3.8) is 0 Å². The van der Waals surface area contributed by atoms with Crippen LogP contribution in [0.5, 0.6) is 0 Å². The summed E-state index contributed by atoms with van der Waals surface area (Å²) < 4.78 is 14.3. The van der Waals surface area contributed by atoms with Crippen LogP contribution in [0.1, 0.15) is 27.3 Å². The zero-order valence-electron chi connectivity index (χ0n) is 11.7. The number of nitrogens with one attached hydrogen (secondary N) is 1. The van der Waals surface area contributed by atoms with Crippen LogP contribution in [0.3, 0.4) is 0 Å². The van der Waals surface area contributed by atoms with E-state index in [2.05, 4.69) is 10.3 Å². The first-order chi connectivity index (χ1) is 10.1. The van der Waals surface area contributed by atoms with E-state index in [0.717, 1.165) is 29.8 Å². The summed E-state index contributed by atoms with van der Waals surface area (Å²) in [6.07, 6.45) is 0.754. The van der Waals surface area contributed by atoms with Crippen LogP contribution < -0.4 is 11.1 Å². The van der Waals surface area contributed by atoms with E-state index < -0.39 is 5.91 Å². The van der Waals surface area contributed by atoms with Gasteiger partial charge >= 0.3 is 0 Å². The van der Waals surface area contributed by atoms with E-state index in [9.17, 15) is 9.18 Å². The van der Waals surface area contributed by atoms with Gasteiger partial charge in [0.1, 0.15) is 11.5 Å². The Labute approximate surface area is 122 Å². The van der Waals surface area contributed by atoms with Gasteiger partial charge in [0.15, 0.2) is 0 Å². The summed E-state index contributed by atoms with van der Waals surface area (Å²) in [7, 11) is 0. The molecule has 0 fully saturated rings. The molecule has 1 amide bonds. The van der Waals surface area contributed by atoms with Crippen LogP contribution in [0, 0.1) is 12.7 Å². The molecule has 0 spiro atoms. The van der Waals surface area contributed by atoms with Crippen molar-refractivity contribution in [3.8, 4) is 11.1 Å². The number of amides is 1. The van der Waals surface area contributed by atoms with Gasteiger partial charge in [-0.2, -0.15) is 0 Å². The minimum atomic E-state index is -0.600. The van der Waals surface area contributed by atoms with Crippen molar-refractivity contribution in [1.29, 1.82) is 0 Å². The fraction of sp³-hybridized carbons (Fsp3) is 0.250. The molecular formula is C16H16FN3O. The average molecular weight is 285 g/mol. The molecule has 1 aromatic heterocycles. The van der Waals surface area contributed by atoms with Crippen molar-refractivity contribution in [2.24, 2.45) is 5.73 Å². The highest BCUT2D eigenvalue weighted by atomic mass is 19.1. The third-order valence-electron chi connectivity index (χ3n) is 3.72. The Balaban J connectivity index is 2.24. The quantitative estimate of drug-likeness (QED) is 0.886. The minimum Gasteiger partial charge on any atom is -0.364 e. The number of carbonyl (C=O) groups is 1. The number of rotatable bonds is 2. The normalized spacial score (nSPS) is 13.8. The van der Waals surface area contributed by atoms with Crippen molar-refractivity contribution in [2.45, 2.75) is 19.9 Å². The number of hydrogen-bond acceptors (Lipinski definition) is 3. The van der Waals surface area contributed by atoms with Crippen LogP contribution in [0.2, 0.25) is 0 Å². The largest absolute Gasteiger partial charge is 0.364 e. The minimum absolute atomic E-state index is 0.174. The third kappa shape index (κ3) is 2.52. The first-order valence-electron chi connectivity index (χ1n) is 6.86. The molecule has 0 aliphatic carbocycles. The van der Waals surface area contributed by atoms with E-state index in [1.807, 2.05) is 13.0 Å². The molecule has 21 heavy (non-hydrogen) atoms. The maximum Gasteiger partial charge on any atom is 0.267 e. The van der Waals surface area contributed by atoms with Crippen LogP contribution in [0.4, 0.5) is 4.39 Å². The maximum atomic E-state index is 14.3. The highest BCUT2D eigenvalue weighted by Crippen LogP contribution is 2.30. The van der Waals surface area contributed by atoms with Crippen molar-refractivity contribution in [2.75, 3.05) is 6.54 Å². The molecule has 0 bridgehead atoms. The molecule has 2 aromatic rings. The lowest BCUT2D eigenvalue weighted by Gasteiger charge is -2.21. The second kappa shape index (κ2) is 5.26. The molecule has 0 saturated carbocycles. The number of carbonyl (C=O) groups excluding carboxylic acids is 1. The topological polar surface area (TPSA) is 68.0 Å². The molecule has 2 heterocycles. The standard InChI is InChI=1S/C16H16FN3O/c1-9-2-3-10(13(17)6-9)12-7-14(16(18)21)20-15-8-19-5-4-11(12)15/h2-3,6-7,19H,4-5,8H2,1H3,(H2,18,21). The molecule has 0 atom stereocenters. The molecule has 0 saturated heterocycles. The lowest BCUT2D eigenvalue weighted by Crippen LogP contribution is -2.27. The molecule has 1 aromatic carbocycles. The Kier molecular flexibility index (Phi) is 3.43. The number of primary amides is 1. The Morgan fingerprint density at radius 3 is 2.86 bits per heavy atom. The van der Waals surface area contributed by atoms with Gasteiger partial charge in [0.2, 0.25) is 0 Å². The van der Waals surface area contributed by atoms with Crippen LogP contribution in [-0.4, -0.2) is 17.4 Å². The van der Waals surface area contributed by atoms with Crippen LogP contribution in [0.15, 0.2) is 24.3 Å². The molecule has 1 aliphatic heterocycles. The Bertz CT molecular complexity index is 728. The summed E-state index contributed by atoms with van der Waals surface area (Å²) in [6.45, 7) is 3.22. The summed E-state index contributed by atoms with van der Waals surface area (Å²) in [5, 5.41) is 3.20. The fourth-order valence-corrected chi connectivity index (χ4v) is 2.67. The van der Waals surface area contributed by atoms with E-state index in [0.29, 0.717) is 17.7 Å². The molecule has 108 valence electrons. The van der Waals surface area contributed by atoms with Gasteiger partial charge in [-0.25, -0.2) is 9.37 Å². The summed E-state index contributed by atoms with van der Waals surface area (Å²) in [5.74, 6) is -0.894. The van der Waals surface area contributed by atoms with Gasteiger partial charge in [-0.05, 0) is 48.7 Å². The molecule has 4 nitrogen and oxygen atoms in total. The average Bonchev–Trinajstić information content (AvgIpc) is 2.46. The number of benzene rings is 1. The lowest BCUT2D eigenvalue weighted by molar-refractivity contribution is 0.0995. The fourth-order valence-electron chi connectivity index (χ4n) is 2.67. The van der Waals surface area contributed by atoms with Gasteiger partial charge in [-0.3, -0.25) is 4.79 Å². The number of halogens is 1. The number of fused-ring (bicyclic) bond motifs is 1. The van der Waals surface area contributed by atoms with Crippen molar-refractivity contribution >= 4 is 5.91 Å². The number of pyridine rings is 1. The number of aromatic nitrogens is 1. The Morgan fingerprint density at radius 1 is 1.33 bits per heavy atom. The van der Waals surface area contributed by atoms with E-state index in [1.54, 1.807) is 12.1 Å². The molecular weight excluding hydrogens is 269 g/mol. The van der Waals surface area contributed by atoms with Gasteiger partial charge in [-0.15, -0.1) is 0 Å². The number of aryl methyl sites for hydroxylation is 1. The van der Waals surface area contributed by atoms with Gasteiger partial charge in [-0.1, -0.05) is 12.1 Å². The Morgan fingerprint density at radius 2 is 2.14 bits per heavy atom. The summed E-state index contributed by atoms with van der Waals surface area (Å²) in [6, 6.07) is 6.69. The predicted octanol–water partition coefficient (Wildman–Crippen LogP) is 1.94. The summed E-state index contributed by atoms with van der Waals surface area (Å²) in [5.41, 5.74) is 9.33. The molecule has 1 aliphatic rings. The molecule has 3 rings (SSSR count). The van der Waals surface area contributed by atoms with E-state index >= 15 is 0 Å². The van der Waals surface area contributed by atoms with Crippen LogP contribution in [-0.2, 0) is 13.0 Å². The van der Waals surface area contributed by atoms with E-state index in [-0.39, 0.29) is 11.5 Å².